The van der Waals surface area contributed by atoms with E-state index < -0.39 is 15.9 Å². The molecule has 33 heavy (non-hydrogen) atoms. The average molecular weight is 486 g/mol. The SMILES string of the molecule is Cc1cc(NC(=O)c2ccc(Cl)c(S(=O)(=O)N3CCCCC3)c2)ccc1Oc1cccnc1. The van der Waals surface area contributed by atoms with Crippen LogP contribution in [0.25, 0.3) is 0 Å². The van der Waals surface area contributed by atoms with Crippen molar-refractivity contribution in [3.63, 3.8) is 0 Å². The van der Waals surface area contributed by atoms with Crippen molar-refractivity contribution in [2.24, 2.45) is 0 Å². The lowest BCUT2D eigenvalue weighted by Gasteiger charge is -2.26. The van der Waals surface area contributed by atoms with Gasteiger partial charge in [0.1, 0.15) is 16.4 Å². The van der Waals surface area contributed by atoms with Gasteiger partial charge in [0.15, 0.2) is 0 Å². The highest BCUT2D eigenvalue weighted by atomic mass is 35.5. The second kappa shape index (κ2) is 9.91. The van der Waals surface area contributed by atoms with E-state index in [1.54, 1.807) is 42.7 Å². The first-order valence-corrected chi connectivity index (χ1v) is 12.5. The normalized spacial score (nSPS) is 14.6. The zero-order chi connectivity index (χ0) is 23.4. The van der Waals surface area contributed by atoms with E-state index in [4.69, 9.17) is 16.3 Å². The number of rotatable bonds is 6. The fourth-order valence-corrected chi connectivity index (χ4v) is 5.68. The van der Waals surface area contributed by atoms with E-state index in [0.717, 1.165) is 24.8 Å². The molecule has 2 aromatic carbocycles. The lowest BCUT2D eigenvalue weighted by molar-refractivity contribution is 0.102. The molecule has 0 bridgehead atoms. The first-order chi connectivity index (χ1) is 15.8. The van der Waals surface area contributed by atoms with E-state index in [0.29, 0.717) is 30.3 Å². The van der Waals surface area contributed by atoms with Crippen LogP contribution in [-0.2, 0) is 10.0 Å². The molecular formula is C24H24ClN3O4S. The Morgan fingerprint density at radius 3 is 2.58 bits per heavy atom. The summed E-state index contributed by atoms with van der Waals surface area (Å²) in [6, 6.07) is 13.1. The van der Waals surface area contributed by atoms with Crippen LogP contribution in [0.15, 0.2) is 65.8 Å². The third kappa shape index (κ3) is 5.35. The number of hydrogen-bond donors (Lipinski definition) is 1. The van der Waals surface area contributed by atoms with E-state index in [-0.39, 0.29) is 15.5 Å². The monoisotopic (exact) mass is 485 g/mol. The fraction of sp³-hybridized carbons (Fsp3) is 0.250. The summed E-state index contributed by atoms with van der Waals surface area (Å²) < 4.78 is 33.4. The van der Waals surface area contributed by atoms with Gasteiger partial charge < -0.3 is 10.1 Å². The quantitative estimate of drug-likeness (QED) is 0.514. The Hall–Kier alpha value is -2.94. The molecule has 9 heteroatoms. The Morgan fingerprint density at radius 1 is 1.09 bits per heavy atom. The zero-order valence-electron chi connectivity index (χ0n) is 18.1. The topological polar surface area (TPSA) is 88.6 Å². The van der Waals surface area contributed by atoms with Gasteiger partial charge in [-0.15, -0.1) is 0 Å². The number of halogens is 1. The van der Waals surface area contributed by atoms with Crippen LogP contribution in [0.4, 0.5) is 5.69 Å². The van der Waals surface area contributed by atoms with Gasteiger partial charge in [-0.2, -0.15) is 4.31 Å². The minimum absolute atomic E-state index is 0.0462. The predicted octanol–water partition coefficient (Wildman–Crippen LogP) is 5.26. The molecule has 3 aromatic rings. The maximum Gasteiger partial charge on any atom is 0.255 e. The molecule has 0 radical (unpaired) electrons. The minimum Gasteiger partial charge on any atom is -0.455 e. The van der Waals surface area contributed by atoms with Gasteiger partial charge in [0.25, 0.3) is 5.91 Å². The molecule has 0 spiro atoms. The molecule has 1 aliphatic rings. The Labute approximate surface area is 198 Å². The molecule has 1 aliphatic heterocycles. The number of aromatic nitrogens is 1. The van der Waals surface area contributed by atoms with Crippen LogP contribution in [0.5, 0.6) is 11.5 Å². The Kier molecular flexibility index (Phi) is 6.97. The molecule has 1 saturated heterocycles. The fourth-order valence-electron chi connectivity index (χ4n) is 3.67. The van der Waals surface area contributed by atoms with Crippen molar-refractivity contribution < 1.29 is 17.9 Å². The van der Waals surface area contributed by atoms with Crippen LogP contribution in [0.3, 0.4) is 0 Å². The molecule has 7 nitrogen and oxygen atoms in total. The van der Waals surface area contributed by atoms with E-state index in [9.17, 15) is 13.2 Å². The van der Waals surface area contributed by atoms with Gasteiger partial charge in [-0.1, -0.05) is 18.0 Å². The van der Waals surface area contributed by atoms with Gasteiger partial charge in [-0.05, 0) is 73.9 Å². The first kappa shape index (κ1) is 23.2. The van der Waals surface area contributed by atoms with Gasteiger partial charge in [0.05, 0.1) is 11.2 Å². The second-order valence-corrected chi connectivity index (χ2v) is 10.1. The summed E-state index contributed by atoms with van der Waals surface area (Å²) in [4.78, 5) is 16.8. The largest absolute Gasteiger partial charge is 0.455 e. The molecule has 2 heterocycles. The molecule has 4 rings (SSSR count). The number of anilines is 1. The Balaban J connectivity index is 1.52. The molecule has 0 unspecified atom stereocenters. The van der Waals surface area contributed by atoms with Crippen LogP contribution >= 0.6 is 11.6 Å². The number of sulfonamides is 1. The number of ether oxygens (including phenoxy) is 1. The molecular weight excluding hydrogens is 462 g/mol. The third-order valence-electron chi connectivity index (χ3n) is 5.42. The number of nitrogens with one attached hydrogen (secondary N) is 1. The van der Waals surface area contributed by atoms with E-state index >= 15 is 0 Å². The molecule has 1 amide bonds. The minimum atomic E-state index is -3.76. The summed E-state index contributed by atoms with van der Waals surface area (Å²) in [6.07, 6.45) is 5.92. The van der Waals surface area contributed by atoms with Crippen LogP contribution in [0.2, 0.25) is 5.02 Å². The molecule has 0 aliphatic carbocycles. The van der Waals surface area contributed by atoms with Crippen molar-refractivity contribution >= 4 is 33.2 Å². The maximum absolute atomic E-state index is 13.1. The van der Waals surface area contributed by atoms with Gasteiger partial charge in [-0.3, -0.25) is 9.78 Å². The van der Waals surface area contributed by atoms with Gasteiger partial charge in [0.2, 0.25) is 10.0 Å². The highest BCUT2D eigenvalue weighted by Crippen LogP contribution is 2.29. The number of carbonyl (C=O) groups excluding carboxylic acids is 1. The number of nitrogens with zero attached hydrogens (tertiary/aromatic N) is 2. The zero-order valence-corrected chi connectivity index (χ0v) is 19.7. The number of benzene rings is 2. The van der Waals surface area contributed by atoms with Gasteiger partial charge in [-0.25, -0.2) is 8.42 Å². The summed E-state index contributed by atoms with van der Waals surface area (Å²) in [5, 5.41) is 2.91. The summed E-state index contributed by atoms with van der Waals surface area (Å²) in [7, 11) is -3.76. The van der Waals surface area contributed by atoms with Crippen molar-refractivity contribution in [1.82, 2.24) is 9.29 Å². The number of piperidine rings is 1. The lowest BCUT2D eigenvalue weighted by atomic mass is 10.1. The van der Waals surface area contributed by atoms with E-state index in [1.807, 2.05) is 6.92 Å². The highest BCUT2D eigenvalue weighted by molar-refractivity contribution is 7.89. The molecule has 0 atom stereocenters. The molecule has 1 fully saturated rings. The number of aryl methyl sites for hydroxylation is 1. The number of pyridine rings is 1. The van der Waals surface area contributed by atoms with E-state index in [1.165, 1.54) is 22.5 Å². The number of carbonyl (C=O) groups is 1. The Morgan fingerprint density at radius 2 is 1.88 bits per heavy atom. The van der Waals surface area contributed by atoms with Crippen LogP contribution in [0, 0.1) is 6.92 Å². The molecule has 0 saturated carbocycles. The summed E-state index contributed by atoms with van der Waals surface area (Å²) >= 11 is 6.21. The van der Waals surface area contributed by atoms with Crippen LogP contribution < -0.4 is 10.1 Å². The van der Waals surface area contributed by atoms with Crippen molar-refractivity contribution in [3.8, 4) is 11.5 Å². The summed E-state index contributed by atoms with van der Waals surface area (Å²) in [5.74, 6) is 0.825. The summed E-state index contributed by atoms with van der Waals surface area (Å²) in [6.45, 7) is 2.79. The molecule has 1 aromatic heterocycles. The summed E-state index contributed by atoms with van der Waals surface area (Å²) in [5.41, 5.74) is 1.59. The second-order valence-electron chi connectivity index (χ2n) is 7.84. The van der Waals surface area contributed by atoms with Crippen molar-refractivity contribution in [2.75, 3.05) is 18.4 Å². The third-order valence-corrected chi connectivity index (χ3v) is 7.80. The number of amides is 1. The van der Waals surface area contributed by atoms with Crippen molar-refractivity contribution in [2.45, 2.75) is 31.1 Å². The van der Waals surface area contributed by atoms with Gasteiger partial charge >= 0.3 is 0 Å². The average Bonchev–Trinajstić information content (AvgIpc) is 2.82. The van der Waals surface area contributed by atoms with Gasteiger partial charge in [0, 0.05) is 30.5 Å². The van der Waals surface area contributed by atoms with E-state index in [2.05, 4.69) is 10.3 Å². The highest BCUT2D eigenvalue weighted by Gasteiger charge is 2.28. The number of hydrogen-bond acceptors (Lipinski definition) is 5. The smallest absolute Gasteiger partial charge is 0.255 e. The lowest BCUT2D eigenvalue weighted by Crippen LogP contribution is -2.35. The molecule has 172 valence electrons. The predicted molar refractivity (Wildman–Crippen MR) is 128 cm³/mol. The molecule has 1 N–H and O–H groups in total. The maximum atomic E-state index is 13.1. The standard InChI is InChI=1S/C24H24ClN3O4S/c1-17-14-19(8-10-22(17)32-20-6-5-11-26-16-20)27-24(29)18-7-9-21(25)23(15-18)33(30,31)28-12-3-2-4-13-28/h5-11,14-16H,2-4,12-13H2,1H3,(H,27,29). The van der Waals surface area contributed by atoms with Crippen molar-refractivity contribution in [1.29, 1.82) is 0 Å². The first-order valence-electron chi connectivity index (χ1n) is 10.6. The van der Waals surface area contributed by atoms with Crippen LogP contribution in [-0.4, -0.2) is 36.7 Å². The Bertz CT molecular complexity index is 1260. The van der Waals surface area contributed by atoms with Crippen LogP contribution in [0.1, 0.15) is 35.2 Å². The van der Waals surface area contributed by atoms with Crippen molar-refractivity contribution in [3.05, 3.63) is 77.1 Å².